The van der Waals surface area contributed by atoms with Crippen LogP contribution in [0, 0.1) is 12.7 Å². The highest BCUT2D eigenvalue weighted by Gasteiger charge is 2.37. The lowest BCUT2D eigenvalue weighted by molar-refractivity contribution is -0.122. The van der Waals surface area contributed by atoms with Gasteiger partial charge in [0.25, 0.3) is 11.8 Å². The van der Waals surface area contributed by atoms with Crippen LogP contribution in [0.15, 0.2) is 72.4 Å². The van der Waals surface area contributed by atoms with Crippen molar-refractivity contribution in [1.82, 2.24) is 9.88 Å². The van der Waals surface area contributed by atoms with Crippen LogP contribution < -0.4 is 10.2 Å². The minimum Gasteiger partial charge on any atom is -0.314 e. The third-order valence-electron chi connectivity index (χ3n) is 4.58. The van der Waals surface area contributed by atoms with Crippen molar-refractivity contribution in [1.29, 1.82) is 0 Å². The highest BCUT2D eigenvalue weighted by Crippen LogP contribution is 2.24. The number of para-hydroxylation sites is 1. The average Bonchev–Trinajstić information content (AvgIpc) is 3.15. The fraction of sp³-hybridized carbons (Fsp3) is 0.0455. The molecule has 0 spiro atoms. The van der Waals surface area contributed by atoms with Crippen LogP contribution in [0.3, 0.4) is 0 Å². The summed E-state index contributed by atoms with van der Waals surface area (Å²) < 4.78 is 15.7. The lowest BCUT2D eigenvalue weighted by atomic mass is 10.1. The largest absolute Gasteiger partial charge is 0.335 e. The number of imide groups is 2. The van der Waals surface area contributed by atoms with Gasteiger partial charge in [0.2, 0.25) is 0 Å². The van der Waals surface area contributed by atoms with Crippen LogP contribution in [0.4, 0.5) is 14.9 Å². The minimum absolute atomic E-state index is 0.221. The van der Waals surface area contributed by atoms with E-state index in [9.17, 15) is 18.8 Å². The molecular weight excluding hydrogens is 373 g/mol. The Hall–Kier alpha value is -4.00. The molecule has 0 radical (unpaired) electrons. The van der Waals surface area contributed by atoms with Gasteiger partial charge in [0.1, 0.15) is 11.4 Å². The number of aryl methyl sites for hydroxylation is 1. The van der Waals surface area contributed by atoms with Crippen LogP contribution in [0.25, 0.3) is 11.8 Å². The molecule has 1 N–H and O–H groups in total. The van der Waals surface area contributed by atoms with Crippen molar-refractivity contribution in [2.24, 2.45) is 0 Å². The maximum absolute atomic E-state index is 14.2. The van der Waals surface area contributed by atoms with Crippen LogP contribution in [-0.4, -0.2) is 22.4 Å². The molecule has 3 aromatic rings. The molecule has 0 atom stereocenters. The number of barbiturate groups is 1. The number of aromatic nitrogens is 1. The Balaban J connectivity index is 1.76. The standard InChI is InChI=1S/C22H16FN3O3/c1-14-8-10-15(11-9-14)26-21(28)17(20(27)24-22(26)29)13-16-5-4-12-25(16)19-7-3-2-6-18(19)23/h2-13H,1H3,(H,24,27,29)/b17-13+. The summed E-state index contributed by atoms with van der Waals surface area (Å²) >= 11 is 0. The molecule has 2 heterocycles. The fourth-order valence-corrected chi connectivity index (χ4v) is 3.11. The third-order valence-corrected chi connectivity index (χ3v) is 4.58. The maximum Gasteiger partial charge on any atom is 0.335 e. The van der Waals surface area contributed by atoms with E-state index in [0.29, 0.717) is 11.4 Å². The van der Waals surface area contributed by atoms with Crippen LogP contribution >= 0.6 is 0 Å². The summed E-state index contributed by atoms with van der Waals surface area (Å²) in [6, 6.07) is 15.5. The van der Waals surface area contributed by atoms with E-state index in [1.165, 1.54) is 16.7 Å². The number of halogens is 1. The number of hydrogen-bond donors (Lipinski definition) is 1. The summed E-state index contributed by atoms with van der Waals surface area (Å²) in [6.07, 6.45) is 2.97. The van der Waals surface area contributed by atoms with Crippen molar-refractivity contribution in [3.05, 3.63) is 89.5 Å². The van der Waals surface area contributed by atoms with Gasteiger partial charge in [0, 0.05) is 11.9 Å². The summed E-state index contributed by atoms with van der Waals surface area (Å²) in [7, 11) is 0. The summed E-state index contributed by atoms with van der Waals surface area (Å²) in [5.41, 5.74) is 1.79. The number of nitrogens with one attached hydrogen (secondary N) is 1. The molecule has 0 saturated carbocycles. The summed E-state index contributed by atoms with van der Waals surface area (Å²) in [6.45, 7) is 1.88. The van der Waals surface area contributed by atoms with Crippen molar-refractivity contribution in [3.63, 3.8) is 0 Å². The number of amides is 4. The Labute approximate surface area is 165 Å². The van der Waals surface area contributed by atoms with Gasteiger partial charge in [-0.1, -0.05) is 29.8 Å². The van der Waals surface area contributed by atoms with Gasteiger partial charge < -0.3 is 4.57 Å². The second-order valence-corrected chi connectivity index (χ2v) is 6.55. The Morgan fingerprint density at radius 3 is 2.38 bits per heavy atom. The van der Waals surface area contributed by atoms with Crippen molar-refractivity contribution < 1.29 is 18.8 Å². The Morgan fingerprint density at radius 2 is 1.66 bits per heavy atom. The molecule has 4 amide bonds. The predicted octanol–water partition coefficient (Wildman–Crippen LogP) is 3.59. The zero-order chi connectivity index (χ0) is 20.5. The number of anilines is 1. The van der Waals surface area contributed by atoms with Crippen LogP contribution in [0.1, 0.15) is 11.3 Å². The lowest BCUT2D eigenvalue weighted by Crippen LogP contribution is -2.54. The van der Waals surface area contributed by atoms with Gasteiger partial charge in [-0.3, -0.25) is 14.9 Å². The Bertz CT molecular complexity index is 1160. The monoisotopic (exact) mass is 389 g/mol. The maximum atomic E-state index is 14.2. The first-order valence-corrected chi connectivity index (χ1v) is 8.86. The Kier molecular flexibility index (Phi) is 4.56. The SMILES string of the molecule is Cc1ccc(N2C(=O)NC(=O)/C(=C\c3cccn3-c3ccccc3F)C2=O)cc1. The molecule has 29 heavy (non-hydrogen) atoms. The number of hydrogen-bond acceptors (Lipinski definition) is 3. The molecule has 6 nitrogen and oxygen atoms in total. The van der Waals surface area contributed by atoms with Gasteiger partial charge in [-0.2, -0.15) is 0 Å². The second kappa shape index (κ2) is 7.20. The van der Waals surface area contributed by atoms with E-state index in [0.717, 1.165) is 10.5 Å². The van der Waals surface area contributed by atoms with Crippen LogP contribution in [0.5, 0.6) is 0 Å². The van der Waals surface area contributed by atoms with Crippen molar-refractivity contribution in [3.8, 4) is 5.69 Å². The topological polar surface area (TPSA) is 71.4 Å². The Morgan fingerprint density at radius 1 is 0.931 bits per heavy atom. The third kappa shape index (κ3) is 3.34. The first-order chi connectivity index (χ1) is 14.0. The van der Waals surface area contributed by atoms with E-state index in [1.807, 2.05) is 6.92 Å². The second-order valence-electron chi connectivity index (χ2n) is 6.55. The molecule has 7 heteroatoms. The number of nitrogens with zero attached hydrogens (tertiary/aromatic N) is 2. The summed E-state index contributed by atoms with van der Waals surface area (Å²) in [4.78, 5) is 38.5. The predicted molar refractivity (Wildman–Crippen MR) is 106 cm³/mol. The average molecular weight is 389 g/mol. The number of carbonyl (C=O) groups excluding carboxylic acids is 3. The van der Waals surface area contributed by atoms with Gasteiger partial charge in [-0.05, 0) is 49.4 Å². The quantitative estimate of drug-likeness (QED) is 0.550. The molecule has 1 saturated heterocycles. The molecule has 2 aromatic carbocycles. The number of rotatable bonds is 3. The van der Waals surface area contributed by atoms with Gasteiger partial charge in [0.05, 0.1) is 11.4 Å². The van der Waals surface area contributed by atoms with E-state index < -0.39 is 23.7 Å². The van der Waals surface area contributed by atoms with E-state index in [-0.39, 0.29) is 11.3 Å². The molecule has 0 unspecified atom stereocenters. The molecule has 144 valence electrons. The molecule has 1 aliphatic heterocycles. The highest BCUT2D eigenvalue weighted by molar-refractivity contribution is 6.39. The molecule has 1 aromatic heterocycles. The summed E-state index contributed by atoms with van der Waals surface area (Å²) in [5.74, 6) is -1.99. The molecule has 1 aliphatic rings. The van der Waals surface area contributed by atoms with Gasteiger partial charge in [-0.25, -0.2) is 14.1 Å². The van der Waals surface area contributed by atoms with Crippen molar-refractivity contribution in [2.45, 2.75) is 6.92 Å². The smallest absolute Gasteiger partial charge is 0.314 e. The lowest BCUT2D eigenvalue weighted by Gasteiger charge is -2.26. The first kappa shape index (κ1) is 18.4. The van der Waals surface area contributed by atoms with Crippen LogP contribution in [-0.2, 0) is 9.59 Å². The zero-order valence-electron chi connectivity index (χ0n) is 15.4. The minimum atomic E-state index is -0.814. The normalized spacial score (nSPS) is 15.7. The number of urea groups is 1. The molecule has 0 aliphatic carbocycles. The van der Waals surface area contributed by atoms with Crippen LogP contribution in [0.2, 0.25) is 0 Å². The number of benzene rings is 2. The van der Waals surface area contributed by atoms with Crippen molar-refractivity contribution in [2.75, 3.05) is 4.90 Å². The van der Waals surface area contributed by atoms with E-state index in [4.69, 9.17) is 0 Å². The van der Waals surface area contributed by atoms with Gasteiger partial charge in [-0.15, -0.1) is 0 Å². The molecule has 0 bridgehead atoms. The van der Waals surface area contributed by atoms with E-state index in [1.54, 1.807) is 60.8 Å². The zero-order valence-corrected chi connectivity index (χ0v) is 15.4. The molecule has 4 rings (SSSR count). The first-order valence-electron chi connectivity index (χ1n) is 8.86. The molecular formula is C22H16FN3O3. The highest BCUT2D eigenvalue weighted by atomic mass is 19.1. The summed E-state index contributed by atoms with van der Waals surface area (Å²) in [5, 5.41) is 2.18. The molecule has 1 fully saturated rings. The number of carbonyl (C=O) groups is 3. The fourth-order valence-electron chi connectivity index (χ4n) is 3.11. The van der Waals surface area contributed by atoms with Gasteiger partial charge in [0.15, 0.2) is 0 Å². The van der Waals surface area contributed by atoms with Gasteiger partial charge >= 0.3 is 6.03 Å². The van der Waals surface area contributed by atoms with Crippen molar-refractivity contribution >= 4 is 29.6 Å². The van der Waals surface area contributed by atoms with E-state index in [2.05, 4.69) is 5.32 Å². The van der Waals surface area contributed by atoms with E-state index >= 15 is 0 Å².